The molecule has 4 rings (SSSR count). The molecular weight excluding hydrogens is 232 g/mol. The number of aromatic nitrogens is 2. The summed E-state index contributed by atoms with van der Waals surface area (Å²) in [5.41, 5.74) is 5.08. The highest BCUT2D eigenvalue weighted by Crippen LogP contribution is 2.37. The Kier molecular flexibility index (Phi) is 1.69. The smallest absolute Gasteiger partial charge is 0.0519 e. The highest BCUT2D eigenvalue weighted by atomic mass is 35.5. The van der Waals surface area contributed by atoms with E-state index in [9.17, 15) is 0 Å². The van der Waals surface area contributed by atoms with Gasteiger partial charge in [-0.2, -0.15) is 0 Å². The summed E-state index contributed by atoms with van der Waals surface area (Å²) in [4.78, 5) is 4.16. The first-order chi connectivity index (χ1) is 8.33. The topological polar surface area (TPSA) is 17.8 Å². The van der Waals surface area contributed by atoms with Gasteiger partial charge >= 0.3 is 0 Å². The number of fused-ring (bicyclic) bond motifs is 5. The fourth-order valence-electron chi connectivity index (χ4n) is 2.62. The van der Waals surface area contributed by atoms with Crippen molar-refractivity contribution in [3.8, 4) is 11.3 Å². The molecule has 1 aliphatic heterocycles. The molecule has 0 spiro atoms. The Bertz CT molecular complexity index is 743. The molecular formula is C14H9ClN2. The standard InChI is InChI=1S/C14H9ClN2/c15-11-1-2-12-10(5-11)8-17-13-3-4-16-7-9(13)6-14(12)17/h1-7H,8H2. The first-order valence-corrected chi connectivity index (χ1v) is 5.93. The van der Waals surface area contributed by atoms with E-state index in [-0.39, 0.29) is 0 Å². The van der Waals surface area contributed by atoms with Gasteiger partial charge in [0.2, 0.25) is 0 Å². The summed E-state index contributed by atoms with van der Waals surface area (Å²) in [6, 6.07) is 10.4. The van der Waals surface area contributed by atoms with Crippen molar-refractivity contribution in [3.63, 3.8) is 0 Å². The van der Waals surface area contributed by atoms with Crippen molar-refractivity contribution in [2.24, 2.45) is 0 Å². The number of pyridine rings is 1. The van der Waals surface area contributed by atoms with Gasteiger partial charge in [0.15, 0.2) is 0 Å². The molecule has 3 heteroatoms. The summed E-state index contributed by atoms with van der Waals surface area (Å²) in [7, 11) is 0. The van der Waals surface area contributed by atoms with E-state index in [1.54, 1.807) is 0 Å². The van der Waals surface area contributed by atoms with E-state index in [4.69, 9.17) is 11.6 Å². The zero-order valence-electron chi connectivity index (χ0n) is 9.02. The Morgan fingerprint density at radius 3 is 3.06 bits per heavy atom. The molecule has 3 aromatic rings. The van der Waals surface area contributed by atoms with Gasteiger partial charge in [0, 0.05) is 40.6 Å². The van der Waals surface area contributed by atoms with E-state index in [0.29, 0.717) is 0 Å². The number of halogens is 1. The van der Waals surface area contributed by atoms with Crippen LogP contribution in [0.2, 0.25) is 5.02 Å². The van der Waals surface area contributed by atoms with Gasteiger partial charge in [-0.25, -0.2) is 0 Å². The molecule has 0 atom stereocenters. The van der Waals surface area contributed by atoms with Crippen LogP contribution in [0.15, 0.2) is 42.7 Å². The quantitative estimate of drug-likeness (QED) is 0.458. The molecule has 82 valence electrons. The average molecular weight is 241 g/mol. The summed E-state index contributed by atoms with van der Waals surface area (Å²) in [5, 5.41) is 2.00. The first kappa shape index (κ1) is 9.25. The summed E-state index contributed by atoms with van der Waals surface area (Å²) in [6.45, 7) is 0.902. The monoisotopic (exact) mass is 240 g/mol. The van der Waals surface area contributed by atoms with E-state index in [1.165, 1.54) is 27.7 Å². The minimum absolute atomic E-state index is 0.806. The third-order valence-electron chi connectivity index (χ3n) is 3.37. The van der Waals surface area contributed by atoms with Crippen LogP contribution < -0.4 is 0 Å². The van der Waals surface area contributed by atoms with E-state index in [2.05, 4.69) is 33.8 Å². The number of nitrogens with zero attached hydrogens (tertiary/aromatic N) is 2. The van der Waals surface area contributed by atoms with Crippen molar-refractivity contribution in [2.75, 3.05) is 0 Å². The summed E-state index contributed by atoms with van der Waals surface area (Å²) in [6.07, 6.45) is 3.75. The lowest BCUT2D eigenvalue weighted by molar-refractivity contribution is 0.886. The SMILES string of the molecule is Clc1ccc2c(c1)Cn1c-2cc2cnccc21. The molecule has 2 nitrogen and oxygen atoms in total. The third-order valence-corrected chi connectivity index (χ3v) is 3.61. The van der Waals surface area contributed by atoms with Crippen LogP contribution in [-0.4, -0.2) is 9.55 Å². The molecule has 0 saturated carbocycles. The Morgan fingerprint density at radius 1 is 1.18 bits per heavy atom. The molecule has 0 saturated heterocycles. The molecule has 17 heavy (non-hydrogen) atoms. The van der Waals surface area contributed by atoms with Gasteiger partial charge in [-0.15, -0.1) is 0 Å². The number of hydrogen-bond donors (Lipinski definition) is 0. The second-order valence-corrected chi connectivity index (χ2v) is 4.79. The van der Waals surface area contributed by atoms with Crippen LogP contribution in [0.3, 0.4) is 0 Å². The highest BCUT2D eigenvalue weighted by molar-refractivity contribution is 6.30. The zero-order valence-corrected chi connectivity index (χ0v) is 9.78. The Balaban J connectivity index is 2.06. The van der Waals surface area contributed by atoms with Gasteiger partial charge in [-0.05, 0) is 29.8 Å². The van der Waals surface area contributed by atoms with Crippen LogP contribution in [0.1, 0.15) is 5.56 Å². The molecule has 0 bridgehead atoms. The second-order valence-electron chi connectivity index (χ2n) is 4.35. The molecule has 0 unspecified atom stereocenters. The van der Waals surface area contributed by atoms with Crippen LogP contribution in [0.25, 0.3) is 22.2 Å². The normalized spacial score (nSPS) is 12.8. The summed E-state index contributed by atoms with van der Waals surface area (Å²) in [5.74, 6) is 0. The molecule has 2 aromatic heterocycles. The molecule has 1 aromatic carbocycles. The van der Waals surface area contributed by atoms with Crippen LogP contribution in [-0.2, 0) is 6.54 Å². The maximum Gasteiger partial charge on any atom is 0.0519 e. The van der Waals surface area contributed by atoms with Crippen molar-refractivity contribution in [2.45, 2.75) is 6.54 Å². The molecule has 1 aliphatic rings. The Morgan fingerprint density at radius 2 is 2.12 bits per heavy atom. The summed E-state index contributed by atoms with van der Waals surface area (Å²) < 4.78 is 2.32. The predicted molar refractivity (Wildman–Crippen MR) is 69.3 cm³/mol. The fourth-order valence-corrected chi connectivity index (χ4v) is 2.81. The first-order valence-electron chi connectivity index (χ1n) is 5.55. The van der Waals surface area contributed by atoms with Crippen LogP contribution in [0.4, 0.5) is 0 Å². The van der Waals surface area contributed by atoms with E-state index < -0.39 is 0 Å². The predicted octanol–water partition coefficient (Wildman–Crippen LogP) is 3.72. The van der Waals surface area contributed by atoms with Gasteiger partial charge < -0.3 is 4.57 Å². The van der Waals surface area contributed by atoms with Gasteiger partial charge in [-0.3, -0.25) is 4.98 Å². The maximum absolute atomic E-state index is 6.03. The van der Waals surface area contributed by atoms with Crippen molar-refractivity contribution >= 4 is 22.5 Å². The molecule has 0 amide bonds. The molecule has 0 aliphatic carbocycles. The third kappa shape index (κ3) is 1.19. The molecule has 3 heterocycles. The largest absolute Gasteiger partial charge is 0.336 e. The maximum atomic E-state index is 6.03. The van der Waals surface area contributed by atoms with Crippen molar-refractivity contribution < 1.29 is 0 Å². The Labute approximate surface area is 103 Å². The average Bonchev–Trinajstić information content (AvgIpc) is 2.84. The van der Waals surface area contributed by atoms with E-state index in [1.807, 2.05) is 18.5 Å². The number of hydrogen-bond acceptors (Lipinski definition) is 1. The minimum atomic E-state index is 0.806. The van der Waals surface area contributed by atoms with Crippen LogP contribution in [0.5, 0.6) is 0 Å². The highest BCUT2D eigenvalue weighted by Gasteiger charge is 2.20. The van der Waals surface area contributed by atoms with Crippen LogP contribution >= 0.6 is 11.6 Å². The lowest BCUT2D eigenvalue weighted by atomic mass is 10.1. The fraction of sp³-hybridized carbons (Fsp3) is 0.0714. The van der Waals surface area contributed by atoms with Gasteiger partial charge in [-0.1, -0.05) is 17.7 Å². The summed E-state index contributed by atoms with van der Waals surface area (Å²) >= 11 is 6.03. The van der Waals surface area contributed by atoms with E-state index >= 15 is 0 Å². The Hall–Kier alpha value is -1.80. The number of benzene rings is 1. The molecule has 0 fully saturated rings. The lowest BCUT2D eigenvalue weighted by Gasteiger charge is -1.99. The van der Waals surface area contributed by atoms with Crippen molar-refractivity contribution in [3.05, 3.63) is 53.3 Å². The van der Waals surface area contributed by atoms with Crippen LogP contribution in [0, 0.1) is 0 Å². The van der Waals surface area contributed by atoms with Crippen molar-refractivity contribution in [1.29, 1.82) is 0 Å². The lowest BCUT2D eigenvalue weighted by Crippen LogP contribution is -1.91. The minimum Gasteiger partial charge on any atom is -0.336 e. The van der Waals surface area contributed by atoms with Gasteiger partial charge in [0.25, 0.3) is 0 Å². The molecule has 0 radical (unpaired) electrons. The van der Waals surface area contributed by atoms with Crippen molar-refractivity contribution in [1.82, 2.24) is 9.55 Å². The van der Waals surface area contributed by atoms with E-state index in [0.717, 1.165) is 11.6 Å². The zero-order chi connectivity index (χ0) is 11.4. The molecule has 0 N–H and O–H groups in total. The second kappa shape index (κ2) is 3.11. The number of rotatable bonds is 0. The van der Waals surface area contributed by atoms with Gasteiger partial charge in [0.1, 0.15) is 0 Å². The van der Waals surface area contributed by atoms with Gasteiger partial charge in [0.05, 0.1) is 5.52 Å².